The van der Waals surface area contributed by atoms with Gasteiger partial charge in [0.15, 0.2) is 0 Å². The Kier molecular flexibility index (Phi) is 24.4. The number of hydrogen-bond acceptors (Lipinski definition) is 1. The van der Waals surface area contributed by atoms with E-state index in [1.807, 2.05) is 0 Å². The summed E-state index contributed by atoms with van der Waals surface area (Å²) < 4.78 is 0. The van der Waals surface area contributed by atoms with Crippen LogP contribution in [0.25, 0.3) is 0 Å². The molecule has 0 aliphatic carbocycles. The third kappa shape index (κ3) is 1110. The minimum absolute atomic E-state index is 0. The zero-order valence-corrected chi connectivity index (χ0v) is 4.98. The quantitative estimate of drug-likeness (QED) is 0.405. The smallest absolute Gasteiger partial charge is 1.00 e. The van der Waals surface area contributed by atoms with E-state index in [2.05, 4.69) is 0 Å². The molecule has 0 fully saturated rings. The molecular weight excluding hydrogens is 96.3 g/mol. The summed E-state index contributed by atoms with van der Waals surface area (Å²) >= 11 is 0. The van der Waals surface area contributed by atoms with Gasteiger partial charge >= 0.3 is 23.1 Å². The van der Waals surface area contributed by atoms with E-state index in [4.69, 9.17) is 9.90 Å². The molecule has 0 aromatic rings. The van der Waals surface area contributed by atoms with Crippen molar-refractivity contribution in [3.05, 3.63) is 0 Å². The van der Waals surface area contributed by atoms with E-state index in [0.717, 1.165) is 6.92 Å². The van der Waals surface area contributed by atoms with Crippen LogP contribution in [0, 0.1) is 0 Å². The van der Waals surface area contributed by atoms with Gasteiger partial charge in [-0.25, -0.2) is 0 Å². The fraction of sp³-hybridized carbons (Fsp3) is 0.500. The molecule has 4 heteroatoms. The first kappa shape index (κ1) is 16.4. The van der Waals surface area contributed by atoms with Crippen molar-refractivity contribution < 1.29 is 18.2 Å². The van der Waals surface area contributed by atoms with E-state index in [9.17, 15) is 0 Å². The van der Waals surface area contributed by atoms with Gasteiger partial charge < -0.3 is 13.4 Å². The average molecular weight is 104 g/mol. The summed E-state index contributed by atoms with van der Waals surface area (Å²) in [6.07, 6.45) is 0. The van der Waals surface area contributed by atoms with Gasteiger partial charge in [0, 0.05) is 6.92 Å². The van der Waals surface area contributed by atoms with Crippen LogP contribution in [0.5, 0.6) is 0 Å². The first-order valence-corrected chi connectivity index (χ1v) is 0.928. The predicted octanol–water partition coefficient (Wildman–Crippen LogP) is -0.890. The van der Waals surface area contributed by atoms with Gasteiger partial charge in [-0.3, -0.25) is 4.79 Å². The Morgan fingerprint density at radius 1 is 1.83 bits per heavy atom. The van der Waals surface area contributed by atoms with Crippen molar-refractivity contribution in [3.8, 4) is 0 Å². The molecule has 0 rings (SSSR count). The molecule has 0 unspecified atom stereocenters. The molecule has 0 saturated carbocycles. The fourth-order valence-corrected chi connectivity index (χ4v) is 0. The Morgan fingerprint density at radius 2 is 1.83 bits per heavy atom. The van der Waals surface area contributed by atoms with E-state index < -0.39 is 5.97 Å². The molecule has 36 valence electrons. The fourth-order valence-electron chi connectivity index (χ4n) is 0. The van der Waals surface area contributed by atoms with Crippen LogP contribution in [0.2, 0.25) is 0 Å². The Bertz CT molecular complexity index is 38.3. The molecule has 0 amide bonds. The van der Waals surface area contributed by atoms with Crippen LogP contribution in [0.3, 0.4) is 0 Å². The van der Waals surface area contributed by atoms with E-state index >= 15 is 0 Å². The Morgan fingerprint density at radius 3 is 1.83 bits per heavy atom. The van der Waals surface area contributed by atoms with Crippen molar-refractivity contribution in [2.75, 3.05) is 0 Å². The molecule has 0 aromatic carbocycles. The van der Waals surface area contributed by atoms with Crippen molar-refractivity contribution in [1.29, 1.82) is 0 Å². The number of rotatable bonds is 0. The molecular formula is C2H8MgO3. The summed E-state index contributed by atoms with van der Waals surface area (Å²) in [6.45, 7) is 1.08. The molecule has 0 aliphatic rings. The molecule has 0 aliphatic heterocycles. The largest absolute Gasteiger partial charge is 2.00 e. The maximum atomic E-state index is 9.00. The van der Waals surface area contributed by atoms with Crippen LogP contribution in [0.1, 0.15) is 9.78 Å². The van der Waals surface area contributed by atoms with Gasteiger partial charge in [0.25, 0.3) is 5.97 Å². The molecule has 0 atom stereocenters. The van der Waals surface area contributed by atoms with Gasteiger partial charge in [-0.2, -0.15) is 0 Å². The monoisotopic (exact) mass is 104 g/mol. The molecule has 0 aromatic heterocycles. The van der Waals surface area contributed by atoms with Crippen molar-refractivity contribution in [2.45, 2.75) is 6.92 Å². The summed E-state index contributed by atoms with van der Waals surface area (Å²) in [6, 6.07) is 0. The minimum atomic E-state index is -0.833. The van der Waals surface area contributed by atoms with E-state index in [1.54, 1.807) is 0 Å². The second-order valence-corrected chi connectivity index (χ2v) is 0.519. The average Bonchev–Trinajstić information content (AvgIpc) is 0.811. The minimum Gasteiger partial charge on any atom is -1.00 e. The summed E-state index contributed by atoms with van der Waals surface area (Å²) in [7, 11) is 0. The summed E-state index contributed by atoms with van der Waals surface area (Å²) in [5.74, 6) is -0.833. The zero-order valence-electron chi connectivity index (χ0n) is 5.56. The Hall–Kier alpha value is 0.196. The van der Waals surface area contributed by atoms with Gasteiger partial charge in [-0.05, 0) is 0 Å². The topological polar surface area (TPSA) is 68.8 Å². The van der Waals surface area contributed by atoms with E-state index in [0.29, 0.717) is 0 Å². The van der Waals surface area contributed by atoms with Crippen molar-refractivity contribution in [3.63, 3.8) is 0 Å². The van der Waals surface area contributed by atoms with Crippen molar-refractivity contribution in [1.82, 2.24) is 0 Å². The molecule has 0 heterocycles. The van der Waals surface area contributed by atoms with E-state index in [-0.39, 0.29) is 31.4 Å². The van der Waals surface area contributed by atoms with Gasteiger partial charge in [0.05, 0.1) is 0 Å². The first-order chi connectivity index (χ1) is 1.73. The zero-order chi connectivity index (χ0) is 3.58. The van der Waals surface area contributed by atoms with Crippen molar-refractivity contribution in [2.24, 2.45) is 0 Å². The number of hydrogen-bond donors (Lipinski definition) is 1. The van der Waals surface area contributed by atoms with Gasteiger partial charge in [0.1, 0.15) is 0 Å². The number of aliphatic carboxylic acids is 1. The number of carboxylic acid groups (broad SMARTS) is 1. The maximum absolute atomic E-state index is 9.00. The first-order valence-electron chi connectivity index (χ1n) is 0.928. The number of carbonyl (C=O) groups is 1. The van der Waals surface area contributed by atoms with Crippen LogP contribution in [-0.2, 0) is 4.79 Å². The molecule has 0 bridgehead atoms. The Labute approximate surface area is 54.8 Å². The van der Waals surface area contributed by atoms with Crippen molar-refractivity contribution >= 4 is 29.0 Å². The summed E-state index contributed by atoms with van der Waals surface area (Å²) in [4.78, 5) is 9.00. The van der Waals surface area contributed by atoms with Gasteiger partial charge in [-0.1, -0.05) is 0 Å². The van der Waals surface area contributed by atoms with E-state index in [1.165, 1.54) is 0 Å². The molecule has 3 N–H and O–H groups in total. The summed E-state index contributed by atoms with van der Waals surface area (Å²) in [5, 5.41) is 7.42. The Balaban J connectivity index is -0.00000000750. The summed E-state index contributed by atoms with van der Waals surface area (Å²) in [5.41, 5.74) is 0. The number of carboxylic acids is 1. The van der Waals surface area contributed by atoms with Crippen LogP contribution in [0.15, 0.2) is 0 Å². The van der Waals surface area contributed by atoms with Crippen LogP contribution >= 0.6 is 0 Å². The molecule has 0 radical (unpaired) electrons. The third-order valence-corrected chi connectivity index (χ3v) is 0. The molecule has 6 heavy (non-hydrogen) atoms. The molecule has 0 spiro atoms. The van der Waals surface area contributed by atoms with Crippen LogP contribution < -0.4 is 0 Å². The van der Waals surface area contributed by atoms with Gasteiger partial charge in [-0.15, -0.1) is 0 Å². The SMILES string of the molecule is CC(=O)O.O.[H-].[H-].[Mg+2]. The normalized spacial score (nSPS) is 4.17. The van der Waals surface area contributed by atoms with Crippen LogP contribution in [0.4, 0.5) is 0 Å². The van der Waals surface area contributed by atoms with Gasteiger partial charge in [0.2, 0.25) is 0 Å². The maximum Gasteiger partial charge on any atom is 2.00 e. The molecule has 3 nitrogen and oxygen atoms in total. The second kappa shape index (κ2) is 8.96. The van der Waals surface area contributed by atoms with Crippen LogP contribution in [-0.4, -0.2) is 39.6 Å². The standard InChI is InChI=1S/C2H4O2.Mg.H2O.2H/c1-2(3)4;;;;/h1H3,(H,3,4);;1H2;;/q;+2;;2*-1. The third-order valence-electron chi connectivity index (χ3n) is 0. The predicted molar refractivity (Wildman–Crippen MR) is 24.9 cm³/mol. The second-order valence-electron chi connectivity index (χ2n) is 0.519. The molecule has 0 saturated heterocycles.